The van der Waals surface area contributed by atoms with Crippen molar-refractivity contribution in [1.82, 2.24) is 0 Å². The molecule has 1 aromatic carbocycles. The van der Waals surface area contributed by atoms with Crippen LogP contribution in [-0.2, 0) is 6.18 Å². The number of aromatic carboxylic acids is 1. The van der Waals surface area contributed by atoms with Gasteiger partial charge in [-0.1, -0.05) is 13.8 Å². The van der Waals surface area contributed by atoms with E-state index >= 15 is 0 Å². The van der Waals surface area contributed by atoms with Crippen molar-refractivity contribution in [3.63, 3.8) is 0 Å². The number of carboxylic acids is 1. The number of hydrogen-bond acceptors (Lipinski definition) is 2. The molecule has 0 spiro atoms. The number of anilines is 1. The summed E-state index contributed by atoms with van der Waals surface area (Å²) in [5.41, 5.74) is -1.10. The fourth-order valence-corrected chi connectivity index (χ4v) is 1.79. The Morgan fingerprint density at radius 1 is 1.35 bits per heavy atom. The fourth-order valence-electron chi connectivity index (χ4n) is 1.79. The van der Waals surface area contributed by atoms with Crippen molar-refractivity contribution >= 4 is 11.7 Å². The van der Waals surface area contributed by atoms with Crippen LogP contribution in [0.2, 0.25) is 0 Å². The number of carbonyl (C=O) groups is 1. The maximum Gasteiger partial charge on any atom is 0.416 e. The van der Waals surface area contributed by atoms with Gasteiger partial charge in [0.1, 0.15) is 0 Å². The van der Waals surface area contributed by atoms with Crippen LogP contribution in [0.5, 0.6) is 0 Å². The molecule has 0 bridgehead atoms. The van der Waals surface area contributed by atoms with Gasteiger partial charge in [0.05, 0.1) is 11.1 Å². The summed E-state index contributed by atoms with van der Waals surface area (Å²) in [6, 6.07) is 2.71. The zero-order chi connectivity index (χ0) is 15.3. The van der Waals surface area contributed by atoms with Crippen LogP contribution in [0.3, 0.4) is 0 Å². The molecule has 0 fully saturated rings. The molecule has 0 aliphatic heterocycles. The Morgan fingerprint density at radius 3 is 2.50 bits per heavy atom. The summed E-state index contributed by atoms with van der Waals surface area (Å²) in [6.45, 7) is 4.67. The molecule has 0 unspecified atom stereocenters. The maximum atomic E-state index is 12.5. The number of benzene rings is 1. The second-order valence-electron chi connectivity index (χ2n) is 5.03. The Kier molecular flexibility index (Phi) is 5.42. The molecule has 0 saturated carbocycles. The molecular formula is C14H18F3NO2. The third kappa shape index (κ3) is 4.75. The van der Waals surface area contributed by atoms with E-state index in [1.165, 1.54) is 6.07 Å². The molecule has 0 aromatic heterocycles. The van der Waals surface area contributed by atoms with E-state index in [0.717, 1.165) is 18.9 Å². The van der Waals surface area contributed by atoms with E-state index in [9.17, 15) is 18.0 Å². The molecule has 0 radical (unpaired) electrons. The van der Waals surface area contributed by atoms with E-state index in [4.69, 9.17) is 5.11 Å². The van der Waals surface area contributed by atoms with Crippen LogP contribution in [0.15, 0.2) is 18.2 Å². The Hall–Kier alpha value is -1.72. The van der Waals surface area contributed by atoms with Crippen LogP contribution in [0.4, 0.5) is 18.9 Å². The second-order valence-corrected chi connectivity index (χ2v) is 5.03. The number of rotatable bonds is 6. The summed E-state index contributed by atoms with van der Waals surface area (Å²) < 4.78 is 37.6. The van der Waals surface area contributed by atoms with Crippen LogP contribution in [-0.4, -0.2) is 17.6 Å². The van der Waals surface area contributed by atoms with E-state index in [-0.39, 0.29) is 11.3 Å². The molecule has 0 saturated heterocycles. The zero-order valence-electron chi connectivity index (χ0n) is 11.4. The summed E-state index contributed by atoms with van der Waals surface area (Å²) in [7, 11) is 0. The lowest BCUT2D eigenvalue weighted by Crippen LogP contribution is -2.12. The molecular weight excluding hydrogens is 271 g/mol. The van der Waals surface area contributed by atoms with Gasteiger partial charge in [-0.05, 0) is 37.0 Å². The molecule has 0 aliphatic carbocycles. The largest absolute Gasteiger partial charge is 0.478 e. The van der Waals surface area contributed by atoms with Gasteiger partial charge >= 0.3 is 12.1 Å². The van der Waals surface area contributed by atoms with Gasteiger partial charge < -0.3 is 10.4 Å². The van der Waals surface area contributed by atoms with Gasteiger partial charge in [0.2, 0.25) is 0 Å². The lowest BCUT2D eigenvalue weighted by atomic mass is 10.1. The first-order valence-electron chi connectivity index (χ1n) is 6.40. The minimum absolute atomic E-state index is 0.217. The number of nitrogens with one attached hydrogen (secondary N) is 1. The third-order valence-corrected chi connectivity index (χ3v) is 2.85. The summed E-state index contributed by atoms with van der Waals surface area (Å²) in [5, 5.41) is 11.9. The monoisotopic (exact) mass is 289 g/mol. The SMILES string of the molecule is CC(C)CCCNc1ccc(C(F)(F)F)cc1C(=O)O. The molecule has 1 aromatic rings. The summed E-state index contributed by atoms with van der Waals surface area (Å²) in [4.78, 5) is 11.0. The molecule has 6 heteroatoms. The first-order valence-corrected chi connectivity index (χ1v) is 6.40. The van der Waals surface area contributed by atoms with Crippen molar-refractivity contribution < 1.29 is 23.1 Å². The van der Waals surface area contributed by atoms with E-state index in [1.807, 2.05) is 0 Å². The van der Waals surface area contributed by atoms with Gasteiger partial charge in [-0.15, -0.1) is 0 Å². The van der Waals surface area contributed by atoms with Crippen molar-refractivity contribution in [2.75, 3.05) is 11.9 Å². The van der Waals surface area contributed by atoms with Crippen molar-refractivity contribution in [1.29, 1.82) is 0 Å². The van der Waals surface area contributed by atoms with Crippen molar-refractivity contribution in [3.05, 3.63) is 29.3 Å². The standard InChI is InChI=1S/C14H18F3NO2/c1-9(2)4-3-7-18-12-6-5-10(14(15,16)17)8-11(12)13(19)20/h5-6,8-9,18H,3-4,7H2,1-2H3,(H,19,20). The van der Waals surface area contributed by atoms with Crippen LogP contribution < -0.4 is 5.32 Å². The Morgan fingerprint density at radius 2 is 2.00 bits per heavy atom. The Balaban J connectivity index is 2.83. The third-order valence-electron chi connectivity index (χ3n) is 2.85. The predicted octanol–water partition coefficient (Wildman–Crippen LogP) is 4.25. The minimum Gasteiger partial charge on any atom is -0.478 e. The quantitative estimate of drug-likeness (QED) is 0.770. The van der Waals surface area contributed by atoms with Gasteiger partial charge in [0, 0.05) is 12.2 Å². The fraction of sp³-hybridized carbons (Fsp3) is 0.500. The highest BCUT2D eigenvalue weighted by Crippen LogP contribution is 2.31. The molecule has 1 rings (SSSR count). The lowest BCUT2D eigenvalue weighted by molar-refractivity contribution is -0.137. The first kappa shape index (κ1) is 16.3. The van der Waals surface area contributed by atoms with Crippen LogP contribution >= 0.6 is 0 Å². The number of alkyl halides is 3. The van der Waals surface area contributed by atoms with Crippen molar-refractivity contribution in [3.8, 4) is 0 Å². The highest BCUT2D eigenvalue weighted by Gasteiger charge is 2.31. The molecule has 0 heterocycles. The Labute approximate surface area is 115 Å². The first-order chi connectivity index (χ1) is 9.21. The Bertz CT molecular complexity index is 470. The summed E-state index contributed by atoms with van der Waals surface area (Å²) in [6.07, 6.45) is -2.74. The van der Waals surface area contributed by atoms with E-state index < -0.39 is 17.7 Å². The molecule has 20 heavy (non-hydrogen) atoms. The van der Waals surface area contributed by atoms with Crippen LogP contribution in [0, 0.1) is 5.92 Å². The second kappa shape index (κ2) is 6.63. The van der Waals surface area contributed by atoms with E-state index in [1.54, 1.807) is 0 Å². The average molecular weight is 289 g/mol. The topological polar surface area (TPSA) is 49.3 Å². The van der Waals surface area contributed by atoms with Gasteiger partial charge in [-0.3, -0.25) is 0 Å². The number of carboxylic acid groups (broad SMARTS) is 1. The summed E-state index contributed by atoms with van der Waals surface area (Å²) >= 11 is 0. The molecule has 0 amide bonds. The number of hydrogen-bond donors (Lipinski definition) is 2. The molecule has 2 N–H and O–H groups in total. The zero-order valence-corrected chi connectivity index (χ0v) is 11.4. The predicted molar refractivity (Wildman–Crippen MR) is 71.0 cm³/mol. The number of halogens is 3. The highest BCUT2D eigenvalue weighted by atomic mass is 19.4. The lowest BCUT2D eigenvalue weighted by Gasteiger charge is -2.13. The van der Waals surface area contributed by atoms with Gasteiger partial charge in [0.25, 0.3) is 0 Å². The maximum absolute atomic E-state index is 12.5. The van der Waals surface area contributed by atoms with E-state index in [0.29, 0.717) is 18.5 Å². The van der Waals surface area contributed by atoms with Crippen LogP contribution in [0.25, 0.3) is 0 Å². The molecule has 0 aliphatic rings. The summed E-state index contributed by atoms with van der Waals surface area (Å²) in [5.74, 6) is -0.842. The molecule has 0 atom stereocenters. The van der Waals surface area contributed by atoms with Gasteiger partial charge in [-0.2, -0.15) is 13.2 Å². The van der Waals surface area contributed by atoms with E-state index in [2.05, 4.69) is 19.2 Å². The highest BCUT2D eigenvalue weighted by molar-refractivity contribution is 5.94. The smallest absolute Gasteiger partial charge is 0.416 e. The minimum atomic E-state index is -4.54. The molecule has 3 nitrogen and oxygen atoms in total. The van der Waals surface area contributed by atoms with Crippen molar-refractivity contribution in [2.45, 2.75) is 32.9 Å². The van der Waals surface area contributed by atoms with Gasteiger partial charge in [-0.25, -0.2) is 4.79 Å². The normalized spacial score (nSPS) is 11.7. The molecule has 112 valence electrons. The van der Waals surface area contributed by atoms with Crippen LogP contribution in [0.1, 0.15) is 42.6 Å². The van der Waals surface area contributed by atoms with Gasteiger partial charge in [0.15, 0.2) is 0 Å². The van der Waals surface area contributed by atoms with Crippen molar-refractivity contribution in [2.24, 2.45) is 5.92 Å². The average Bonchev–Trinajstić information content (AvgIpc) is 2.33.